The lowest BCUT2D eigenvalue weighted by atomic mass is 10.2. The third-order valence-corrected chi connectivity index (χ3v) is 3.41. The Balaban J connectivity index is 1.94. The molecule has 5 heteroatoms. The maximum atomic E-state index is 12.1. The second kappa shape index (κ2) is 7.17. The van der Waals surface area contributed by atoms with Crippen molar-refractivity contribution in [2.24, 2.45) is 5.73 Å². The minimum Gasteiger partial charge on any atom is -0.330 e. The Kier molecular flexibility index (Phi) is 5.26. The number of unbranched alkanes of at least 4 members (excludes halogenated alkanes) is 1. The normalized spacial score (nSPS) is 11.2. The summed E-state index contributed by atoms with van der Waals surface area (Å²) in [6.07, 6.45) is 2.84. The third kappa shape index (κ3) is 3.43. The van der Waals surface area contributed by atoms with Crippen LogP contribution in [0.2, 0.25) is 0 Å². The van der Waals surface area contributed by atoms with Crippen molar-refractivity contribution in [3.8, 4) is 0 Å². The number of benzene rings is 1. The van der Waals surface area contributed by atoms with Crippen LogP contribution in [0.3, 0.4) is 0 Å². The molecule has 0 spiro atoms. The van der Waals surface area contributed by atoms with Gasteiger partial charge in [-0.25, -0.2) is 0 Å². The van der Waals surface area contributed by atoms with Crippen LogP contribution < -0.4 is 22.2 Å². The van der Waals surface area contributed by atoms with E-state index in [1.807, 2.05) is 0 Å². The van der Waals surface area contributed by atoms with E-state index in [0.29, 0.717) is 17.3 Å². The fourth-order valence-corrected chi connectivity index (χ4v) is 2.24. The van der Waals surface area contributed by atoms with E-state index in [1.165, 1.54) is 4.57 Å². The first-order valence-corrected chi connectivity index (χ1v) is 7.11. The van der Waals surface area contributed by atoms with E-state index in [0.717, 1.165) is 38.9 Å². The molecule has 1 aromatic carbocycles. The summed E-state index contributed by atoms with van der Waals surface area (Å²) in [4.78, 5) is 24.3. The monoisotopic (exact) mass is 275 g/mol. The van der Waals surface area contributed by atoms with E-state index in [9.17, 15) is 9.59 Å². The minimum absolute atomic E-state index is 0.196. The van der Waals surface area contributed by atoms with Crippen LogP contribution in [0.15, 0.2) is 33.9 Å². The first-order chi connectivity index (χ1) is 9.74. The Morgan fingerprint density at radius 2 is 1.45 bits per heavy atom. The fourth-order valence-electron chi connectivity index (χ4n) is 2.24. The number of hydrogen-bond acceptors (Lipinski definition) is 4. The van der Waals surface area contributed by atoms with Crippen molar-refractivity contribution in [3.63, 3.8) is 0 Å². The van der Waals surface area contributed by atoms with E-state index >= 15 is 0 Å². The molecule has 3 rings (SSSR count). The van der Waals surface area contributed by atoms with Crippen molar-refractivity contribution in [3.05, 3.63) is 45.0 Å². The quantitative estimate of drug-likeness (QED) is 0.689. The van der Waals surface area contributed by atoms with E-state index < -0.39 is 0 Å². The molecule has 0 fully saturated rings. The van der Waals surface area contributed by atoms with Gasteiger partial charge in [-0.2, -0.15) is 0 Å². The molecule has 0 amide bonds. The molecule has 2 heterocycles. The van der Waals surface area contributed by atoms with Gasteiger partial charge in [-0.15, -0.1) is 0 Å². The van der Waals surface area contributed by atoms with E-state index in [2.05, 4.69) is 5.32 Å². The molecular weight excluding hydrogens is 254 g/mol. The average molecular weight is 275 g/mol. The maximum Gasteiger partial charge on any atom is 0.260 e. The van der Waals surface area contributed by atoms with Crippen molar-refractivity contribution in [1.29, 1.82) is 0 Å². The molecule has 0 aliphatic rings. The van der Waals surface area contributed by atoms with Crippen molar-refractivity contribution >= 4 is 10.8 Å². The Morgan fingerprint density at radius 1 is 0.900 bits per heavy atom. The van der Waals surface area contributed by atoms with Gasteiger partial charge < -0.3 is 11.1 Å². The zero-order chi connectivity index (χ0) is 14.4. The Hall–Kier alpha value is -1.72. The van der Waals surface area contributed by atoms with Gasteiger partial charge in [0.05, 0.1) is 0 Å². The summed E-state index contributed by atoms with van der Waals surface area (Å²) in [5.74, 6) is 0. The van der Waals surface area contributed by atoms with Crippen LogP contribution in [0.4, 0.5) is 0 Å². The lowest BCUT2D eigenvalue weighted by molar-refractivity contribution is 0.553. The lowest BCUT2D eigenvalue weighted by Crippen LogP contribution is -2.31. The van der Waals surface area contributed by atoms with Crippen LogP contribution in [-0.2, 0) is 6.54 Å². The van der Waals surface area contributed by atoms with Crippen molar-refractivity contribution in [2.45, 2.75) is 25.8 Å². The van der Waals surface area contributed by atoms with Crippen LogP contribution in [0.1, 0.15) is 19.3 Å². The summed E-state index contributed by atoms with van der Waals surface area (Å²) < 4.78 is 1.34. The molecule has 108 valence electrons. The van der Waals surface area contributed by atoms with Crippen LogP contribution >= 0.6 is 0 Å². The zero-order valence-corrected chi connectivity index (χ0v) is 11.6. The standard InChI is InChI=1S/C15H21N3O2/c16-8-1-2-9-17-10-3-11-18-14(19)12-4-5-13(7-6-12)15(18)20/h4-7,17H,1-3,8-11,16H2. The Labute approximate surface area is 117 Å². The molecule has 0 atom stereocenters. The van der Waals surface area contributed by atoms with Crippen molar-refractivity contribution in [2.75, 3.05) is 19.6 Å². The summed E-state index contributed by atoms with van der Waals surface area (Å²) >= 11 is 0. The number of aromatic nitrogens is 1. The second-order valence-electron chi connectivity index (χ2n) is 4.94. The van der Waals surface area contributed by atoms with Gasteiger partial charge in [-0.05, 0) is 63.2 Å². The Morgan fingerprint density at radius 3 is 2.00 bits per heavy atom. The molecule has 3 N–H and O–H groups in total. The van der Waals surface area contributed by atoms with Gasteiger partial charge in [-0.3, -0.25) is 14.2 Å². The molecule has 0 aliphatic carbocycles. The molecule has 5 nitrogen and oxygen atoms in total. The third-order valence-electron chi connectivity index (χ3n) is 3.41. The summed E-state index contributed by atoms with van der Waals surface area (Å²) in [6.45, 7) is 2.90. The number of nitrogens with two attached hydrogens (primary N) is 1. The topological polar surface area (TPSA) is 77.1 Å². The Bertz CT molecular complexity index is 584. The number of fused-ring (bicyclic) bond motifs is 4. The summed E-state index contributed by atoms with van der Waals surface area (Å²) in [6, 6.07) is 6.84. The van der Waals surface area contributed by atoms with E-state index in [1.54, 1.807) is 24.3 Å². The molecule has 0 aliphatic heterocycles. The van der Waals surface area contributed by atoms with Gasteiger partial charge in [0, 0.05) is 17.3 Å². The first kappa shape index (κ1) is 14.7. The summed E-state index contributed by atoms with van der Waals surface area (Å²) in [5.41, 5.74) is 5.03. The molecular formula is C15H21N3O2. The van der Waals surface area contributed by atoms with Gasteiger partial charge in [-0.1, -0.05) is 0 Å². The average Bonchev–Trinajstić information content (AvgIpc) is 2.65. The number of nitrogens with one attached hydrogen (secondary N) is 1. The number of rotatable bonds is 8. The SMILES string of the molecule is NCCCCNCCCn1c(=O)c2ccc(cc2)c1=O. The van der Waals surface area contributed by atoms with E-state index in [-0.39, 0.29) is 11.1 Å². The molecule has 0 radical (unpaired) electrons. The highest BCUT2D eigenvalue weighted by Crippen LogP contribution is 2.01. The molecule has 0 saturated heterocycles. The highest BCUT2D eigenvalue weighted by atomic mass is 16.2. The smallest absolute Gasteiger partial charge is 0.260 e. The van der Waals surface area contributed by atoms with Gasteiger partial charge >= 0.3 is 0 Å². The summed E-state index contributed by atoms with van der Waals surface area (Å²) in [7, 11) is 0. The van der Waals surface area contributed by atoms with Crippen LogP contribution in [-0.4, -0.2) is 24.2 Å². The first-order valence-electron chi connectivity index (χ1n) is 7.11. The zero-order valence-electron chi connectivity index (χ0n) is 11.6. The molecule has 0 unspecified atom stereocenters. The highest BCUT2D eigenvalue weighted by molar-refractivity contribution is 5.63. The molecule has 2 bridgehead atoms. The van der Waals surface area contributed by atoms with Gasteiger partial charge in [0.25, 0.3) is 11.1 Å². The molecule has 3 aromatic rings. The highest BCUT2D eigenvalue weighted by Gasteiger charge is 2.05. The number of hydrogen-bond donors (Lipinski definition) is 2. The van der Waals surface area contributed by atoms with Gasteiger partial charge in [0.15, 0.2) is 0 Å². The summed E-state index contributed by atoms with van der Waals surface area (Å²) in [5, 5.41) is 4.45. The lowest BCUT2D eigenvalue weighted by Gasteiger charge is -2.05. The molecule has 0 saturated carbocycles. The van der Waals surface area contributed by atoms with Crippen LogP contribution in [0, 0.1) is 0 Å². The maximum absolute atomic E-state index is 12.1. The predicted molar refractivity (Wildman–Crippen MR) is 81.4 cm³/mol. The number of nitrogens with zero attached hydrogens (tertiary/aromatic N) is 1. The van der Waals surface area contributed by atoms with Gasteiger partial charge in [0.2, 0.25) is 0 Å². The van der Waals surface area contributed by atoms with Crippen molar-refractivity contribution < 1.29 is 0 Å². The van der Waals surface area contributed by atoms with Crippen molar-refractivity contribution in [1.82, 2.24) is 9.88 Å². The molecule has 20 heavy (non-hydrogen) atoms. The van der Waals surface area contributed by atoms with E-state index in [4.69, 9.17) is 5.73 Å². The van der Waals surface area contributed by atoms with Gasteiger partial charge in [0.1, 0.15) is 0 Å². The second-order valence-corrected chi connectivity index (χ2v) is 4.94. The van der Waals surface area contributed by atoms with Crippen LogP contribution in [0.25, 0.3) is 10.8 Å². The molecule has 2 aromatic heterocycles. The largest absolute Gasteiger partial charge is 0.330 e. The van der Waals surface area contributed by atoms with Crippen LogP contribution in [0.5, 0.6) is 0 Å². The minimum atomic E-state index is -0.196. The fraction of sp³-hybridized carbons (Fsp3) is 0.467. The predicted octanol–water partition coefficient (Wildman–Crippen LogP) is 0.518.